The van der Waals surface area contributed by atoms with Crippen LogP contribution in [-0.4, -0.2) is 60.3 Å². The highest BCUT2D eigenvalue weighted by Crippen LogP contribution is 2.53. The van der Waals surface area contributed by atoms with Gasteiger partial charge in [0.2, 0.25) is 5.91 Å². The third kappa shape index (κ3) is 4.13. The van der Waals surface area contributed by atoms with Crippen LogP contribution >= 0.6 is 0 Å². The number of carbonyl (C=O) groups is 2. The SMILES string of the molecule is CC1(OC(=O)N2CC3C(CCNC(=O)/C=C/c4cccnc4)C3C2)COC1. The number of carbonyl (C=O) groups excluding carboxylic acids is 2. The van der Waals surface area contributed by atoms with Crippen LogP contribution in [0.5, 0.6) is 0 Å². The molecule has 2 amide bonds. The predicted molar refractivity (Wildman–Crippen MR) is 98.6 cm³/mol. The molecule has 3 aliphatic rings. The van der Waals surface area contributed by atoms with Gasteiger partial charge in [-0.15, -0.1) is 0 Å². The van der Waals surface area contributed by atoms with Gasteiger partial charge in [-0.25, -0.2) is 4.79 Å². The summed E-state index contributed by atoms with van der Waals surface area (Å²) in [6.45, 7) is 5.06. The maximum Gasteiger partial charge on any atom is 0.410 e. The zero-order valence-corrected chi connectivity index (χ0v) is 15.5. The lowest BCUT2D eigenvalue weighted by atomic mass is 10.1. The number of pyridine rings is 1. The lowest BCUT2D eigenvalue weighted by Gasteiger charge is -2.38. The zero-order chi connectivity index (χ0) is 18.9. The van der Waals surface area contributed by atoms with Gasteiger partial charge in [-0.05, 0) is 48.8 Å². The average Bonchev–Trinajstić information content (AvgIpc) is 3.09. The average molecular weight is 371 g/mol. The summed E-state index contributed by atoms with van der Waals surface area (Å²) in [5.74, 6) is 1.60. The van der Waals surface area contributed by atoms with E-state index in [0.717, 1.165) is 25.1 Å². The summed E-state index contributed by atoms with van der Waals surface area (Å²) in [5.41, 5.74) is 0.454. The minimum absolute atomic E-state index is 0.0918. The number of piperidine rings is 1. The highest BCUT2D eigenvalue weighted by molar-refractivity contribution is 5.91. The number of fused-ring (bicyclic) bond motifs is 1. The molecule has 7 heteroatoms. The first-order valence-electron chi connectivity index (χ1n) is 9.46. The molecule has 7 nitrogen and oxygen atoms in total. The maximum atomic E-state index is 12.2. The molecule has 1 saturated carbocycles. The lowest BCUT2D eigenvalue weighted by Crippen LogP contribution is -2.52. The first kappa shape index (κ1) is 18.0. The molecule has 1 aromatic heterocycles. The normalized spacial score (nSPS) is 27.7. The van der Waals surface area contributed by atoms with Crippen molar-refractivity contribution in [3.8, 4) is 0 Å². The number of ether oxygens (including phenoxy) is 2. The first-order chi connectivity index (χ1) is 13.0. The van der Waals surface area contributed by atoms with Crippen LogP contribution in [0, 0.1) is 17.8 Å². The summed E-state index contributed by atoms with van der Waals surface area (Å²) in [5, 5.41) is 2.93. The van der Waals surface area contributed by atoms with Gasteiger partial charge in [0.1, 0.15) is 0 Å². The molecule has 0 spiro atoms. The third-order valence-corrected chi connectivity index (χ3v) is 5.67. The molecule has 0 bridgehead atoms. The van der Waals surface area contributed by atoms with E-state index in [1.54, 1.807) is 18.5 Å². The Morgan fingerprint density at radius 1 is 1.41 bits per heavy atom. The molecule has 1 N–H and O–H groups in total. The van der Waals surface area contributed by atoms with Gasteiger partial charge in [0.25, 0.3) is 0 Å². The Bertz CT molecular complexity index is 720. The van der Waals surface area contributed by atoms with Crippen molar-refractivity contribution in [3.05, 3.63) is 36.2 Å². The Labute approximate surface area is 158 Å². The quantitative estimate of drug-likeness (QED) is 0.770. The highest BCUT2D eigenvalue weighted by atomic mass is 16.6. The number of amides is 2. The summed E-state index contributed by atoms with van der Waals surface area (Å²) in [6.07, 6.45) is 7.44. The van der Waals surface area contributed by atoms with Crippen molar-refractivity contribution in [2.24, 2.45) is 17.8 Å². The van der Waals surface area contributed by atoms with Crippen LogP contribution in [0.3, 0.4) is 0 Å². The zero-order valence-electron chi connectivity index (χ0n) is 15.5. The predicted octanol–water partition coefficient (Wildman–Crippen LogP) is 1.70. The van der Waals surface area contributed by atoms with Gasteiger partial charge in [0, 0.05) is 38.1 Å². The molecular formula is C20H25N3O4. The van der Waals surface area contributed by atoms with E-state index in [2.05, 4.69) is 10.3 Å². The fraction of sp³-hybridized carbons (Fsp3) is 0.550. The second-order valence-electron chi connectivity index (χ2n) is 7.91. The number of nitrogens with zero attached hydrogens (tertiary/aromatic N) is 2. The third-order valence-electron chi connectivity index (χ3n) is 5.67. The minimum Gasteiger partial charge on any atom is -0.438 e. The fourth-order valence-corrected chi connectivity index (χ4v) is 4.02. The first-order valence-corrected chi connectivity index (χ1v) is 9.46. The van der Waals surface area contributed by atoms with Crippen molar-refractivity contribution in [1.82, 2.24) is 15.2 Å². The number of rotatable bonds is 6. The molecule has 1 aromatic rings. The van der Waals surface area contributed by atoms with E-state index >= 15 is 0 Å². The molecule has 2 atom stereocenters. The summed E-state index contributed by atoms with van der Waals surface area (Å²) in [7, 11) is 0. The van der Waals surface area contributed by atoms with Crippen LogP contribution in [0.15, 0.2) is 30.6 Å². The Kier molecular flexibility index (Phi) is 4.86. The Balaban J connectivity index is 1.13. The molecule has 144 valence electrons. The Morgan fingerprint density at radius 2 is 2.19 bits per heavy atom. The molecular weight excluding hydrogens is 346 g/mol. The topological polar surface area (TPSA) is 80.8 Å². The molecule has 2 saturated heterocycles. The fourth-order valence-electron chi connectivity index (χ4n) is 4.02. The summed E-state index contributed by atoms with van der Waals surface area (Å²) >= 11 is 0. The number of likely N-dealkylation sites (tertiary alicyclic amines) is 1. The molecule has 2 unspecified atom stereocenters. The summed E-state index contributed by atoms with van der Waals surface area (Å²) in [4.78, 5) is 29.9. The van der Waals surface area contributed by atoms with Gasteiger partial charge in [-0.2, -0.15) is 0 Å². The monoisotopic (exact) mass is 371 g/mol. The van der Waals surface area contributed by atoms with Crippen LogP contribution < -0.4 is 5.32 Å². The number of nitrogens with one attached hydrogen (secondary N) is 1. The molecule has 0 aromatic carbocycles. The van der Waals surface area contributed by atoms with Crippen LogP contribution in [-0.2, 0) is 14.3 Å². The number of aromatic nitrogens is 1. The van der Waals surface area contributed by atoms with E-state index in [1.807, 2.05) is 24.0 Å². The van der Waals surface area contributed by atoms with Crippen molar-refractivity contribution in [3.63, 3.8) is 0 Å². The van der Waals surface area contributed by atoms with E-state index in [-0.39, 0.29) is 12.0 Å². The minimum atomic E-state index is -0.448. The Morgan fingerprint density at radius 3 is 2.81 bits per heavy atom. The molecule has 0 radical (unpaired) electrons. The van der Waals surface area contributed by atoms with Gasteiger partial charge in [-0.1, -0.05) is 6.07 Å². The van der Waals surface area contributed by atoms with Gasteiger partial charge in [0.05, 0.1) is 13.2 Å². The van der Waals surface area contributed by atoms with Crippen molar-refractivity contribution in [2.45, 2.75) is 18.9 Å². The molecule has 2 aliphatic heterocycles. The standard InChI is InChI=1S/C20H25N3O4/c1-20(12-26-13-20)27-19(25)23-10-16-15(17(16)11-23)6-8-22-18(24)5-4-14-3-2-7-21-9-14/h2-5,7,9,15-17H,6,8,10-13H2,1H3,(H,22,24)/b5-4+. The largest absolute Gasteiger partial charge is 0.438 e. The molecule has 3 fully saturated rings. The number of hydrogen-bond donors (Lipinski definition) is 1. The van der Waals surface area contributed by atoms with Crippen LogP contribution in [0.25, 0.3) is 6.08 Å². The van der Waals surface area contributed by atoms with Crippen LogP contribution in [0.1, 0.15) is 18.9 Å². The molecule has 4 rings (SSSR count). The summed E-state index contributed by atoms with van der Waals surface area (Å²) < 4.78 is 10.6. The second-order valence-corrected chi connectivity index (χ2v) is 7.91. The van der Waals surface area contributed by atoms with Gasteiger partial charge < -0.3 is 19.7 Å². The Hall–Kier alpha value is -2.41. The summed E-state index contributed by atoms with van der Waals surface area (Å²) in [6, 6.07) is 3.74. The number of hydrogen-bond acceptors (Lipinski definition) is 5. The van der Waals surface area contributed by atoms with Crippen molar-refractivity contribution in [1.29, 1.82) is 0 Å². The van der Waals surface area contributed by atoms with E-state index in [9.17, 15) is 9.59 Å². The highest BCUT2D eigenvalue weighted by Gasteiger charge is 2.56. The van der Waals surface area contributed by atoms with E-state index in [1.165, 1.54) is 6.08 Å². The van der Waals surface area contributed by atoms with Gasteiger partial charge in [0.15, 0.2) is 5.60 Å². The molecule has 1 aliphatic carbocycles. The molecule has 27 heavy (non-hydrogen) atoms. The van der Waals surface area contributed by atoms with Gasteiger partial charge >= 0.3 is 6.09 Å². The van der Waals surface area contributed by atoms with E-state index in [4.69, 9.17) is 9.47 Å². The van der Waals surface area contributed by atoms with Gasteiger partial charge in [-0.3, -0.25) is 9.78 Å². The van der Waals surface area contributed by atoms with Crippen LogP contribution in [0.2, 0.25) is 0 Å². The van der Waals surface area contributed by atoms with Crippen molar-refractivity contribution >= 4 is 18.1 Å². The van der Waals surface area contributed by atoms with Crippen molar-refractivity contribution < 1.29 is 19.1 Å². The lowest BCUT2D eigenvalue weighted by molar-refractivity contribution is -0.171. The van der Waals surface area contributed by atoms with Crippen LogP contribution in [0.4, 0.5) is 4.79 Å². The maximum absolute atomic E-state index is 12.2. The van der Waals surface area contributed by atoms with E-state index < -0.39 is 5.60 Å². The molecule has 3 heterocycles. The van der Waals surface area contributed by atoms with E-state index in [0.29, 0.717) is 37.5 Å². The van der Waals surface area contributed by atoms with Crippen molar-refractivity contribution in [2.75, 3.05) is 32.8 Å². The second kappa shape index (κ2) is 7.31. The smallest absolute Gasteiger partial charge is 0.410 e.